The summed E-state index contributed by atoms with van der Waals surface area (Å²) in [6.07, 6.45) is 4.15. The highest BCUT2D eigenvalue weighted by Crippen LogP contribution is 2.24. The zero-order valence-electron chi connectivity index (χ0n) is 9.88. The fourth-order valence-electron chi connectivity index (χ4n) is 1.38. The lowest BCUT2D eigenvalue weighted by molar-refractivity contribution is 0.525. The lowest BCUT2D eigenvalue weighted by Crippen LogP contribution is -2.31. The zero-order chi connectivity index (χ0) is 11.1. The van der Waals surface area contributed by atoms with E-state index in [1.54, 1.807) is 6.26 Å². The number of hydrogen-bond acceptors (Lipinski definition) is 3. The summed E-state index contributed by atoms with van der Waals surface area (Å²) < 4.78 is 5.27. The van der Waals surface area contributed by atoms with E-state index in [9.17, 15) is 0 Å². The number of thioether (sulfide) groups is 1. The predicted octanol–water partition coefficient (Wildman–Crippen LogP) is 3.46. The third-order valence-corrected chi connectivity index (χ3v) is 3.73. The van der Waals surface area contributed by atoms with Gasteiger partial charge < -0.3 is 9.73 Å². The second kappa shape index (κ2) is 6.96. The van der Waals surface area contributed by atoms with Gasteiger partial charge in [-0.2, -0.15) is 0 Å². The summed E-state index contributed by atoms with van der Waals surface area (Å²) in [5, 5.41) is 3.55. The number of hydrogen-bond donors (Lipinski definition) is 1. The highest BCUT2D eigenvalue weighted by atomic mass is 32.2. The molecule has 1 heterocycles. The molecule has 3 heteroatoms. The van der Waals surface area contributed by atoms with Crippen molar-refractivity contribution in [3.63, 3.8) is 0 Å². The number of aryl methyl sites for hydroxylation is 1. The number of furan rings is 1. The minimum atomic E-state index is 0.615. The number of rotatable bonds is 7. The Balaban J connectivity index is 2.31. The SMILES string of the molecule is CCCNC(CC)CSc1ccoc1C. The minimum absolute atomic E-state index is 0.615. The Morgan fingerprint density at radius 2 is 2.27 bits per heavy atom. The molecule has 0 saturated heterocycles. The quantitative estimate of drug-likeness (QED) is 0.722. The van der Waals surface area contributed by atoms with Crippen LogP contribution in [0.15, 0.2) is 21.6 Å². The Morgan fingerprint density at radius 3 is 2.80 bits per heavy atom. The molecule has 0 aromatic carbocycles. The Bertz CT molecular complexity index is 272. The van der Waals surface area contributed by atoms with Gasteiger partial charge in [0.05, 0.1) is 6.26 Å². The van der Waals surface area contributed by atoms with Crippen molar-refractivity contribution in [2.75, 3.05) is 12.3 Å². The van der Waals surface area contributed by atoms with Gasteiger partial charge in [-0.05, 0) is 32.4 Å². The van der Waals surface area contributed by atoms with Crippen molar-refractivity contribution in [2.45, 2.75) is 44.6 Å². The molecular formula is C12H21NOS. The molecule has 1 N–H and O–H groups in total. The molecule has 1 aromatic rings. The van der Waals surface area contributed by atoms with Gasteiger partial charge in [0.1, 0.15) is 5.76 Å². The summed E-state index contributed by atoms with van der Waals surface area (Å²) in [5.41, 5.74) is 0. The zero-order valence-corrected chi connectivity index (χ0v) is 10.7. The van der Waals surface area contributed by atoms with Crippen molar-refractivity contribution >= 4 is 11.8 Å². The third-order valence-electron chi connectivity index (χ3n) is 2.43. The Hall–Kier alpha value is -0.410. The average molecular weight is 227 g/mol. The van der Waals surface area contributed by atoms with Crippen LogP contribution >= 0.6 is 11.8 Å². The van der Waals surface area contributed by atoms with E-state index in [1.165, 1.54) is 17.7 Å². The Kier molecular flexibility index (Phi) is 5.88. The van der Waals surface area contributed by atoms with Gasteiger partial charge in [0.25, 0.3) is 0 Å². The summed E-state index contributed by atoms with van der Waals surface area (Å²) in [5.74, 6) is 2.15. The van der Waals surface area contributed by atoms with Crippen LogP contribution in [0.4, 0.5) is 0 Å². The van der Waals surface area contributed by atoms with E-state index in [0.29, 0.717) is 6.04 Å². The van der Waals surface area contributed by atoms with Gasteiger partial charge in [-0.3, -0.25) is 0 Å². The van der Waals surface area contributed by atoms with Crippen LogP contribution in [0.25, 0.3) is 0 Å². The molecule has 1 rings (SSSR count). The lowest BCUT2D eigenvalue weighted by Gasteiger charge is -2.15. The second-order valence-corrected chi connectivity index (χ2v) is 4.77. The fourth-order valence-corrected chi connectivity index (χ4v) is 2.52. The van der Waals surface area contributed by atoms with Gasteiger partial charge in [-0.25, -0.2) is 0 Å². The molecule has 2 nitrogen and oxygen atoms in total. The van der Waals surface area contributed by atoms with Crippen molar-refractivity contribution in [1.82, 2.24) is 5.32 Å². The van der Waals surface area contributed by atoms with Crippen LogP contribution in [0, 0.1) is 6.92 Å². The minimum Gasteiger partial charge on any atom is -0.468 e. The molecule has 0 fully saturated rings. The molecule has 86 valence electrons. The van der Waals surface area contributed by atoms with Crippen molar-refractivity contribution < 1.29 is 4.42 Å². The predicted molar refractivity (Wildman–Crippen MR) is 66.5 cm³/mol. The van der Waals surface area contributed by atoms with Gasteiger partial charge in [0.2, 0.25) is 0 Å². The molecule has 15 heavy (non-hydrogen) atoms. The molecule has 1 atom stereocenters. The van der Waals surface area contributed by atoms with Crippen LogP contribution in [-0.4, -0.2) is 18.3 Å². The maximum absolute atomic E-state index is 5.27. The smallest absolute Gasteiger partial charge is 0.114 e. The fraction of sp³-hybridized carbons (Fsp3) is 0.667. The molecule has 0 aliphatic carbocycles. The summed E-state index contributed by atoms with van der Waals surface area (Å²) in [4.78, 5) is 1.27. The second-order valence-electron chi connectivity index (χ2n) is 3.71. The molecule has 0 aliphatic rings. The average Bonchev–Trinajstić information content (AvgIpc) is 2.65. The molecule has 0 bridgehead atoms. The van der Waals surface area contributed by atoms with E-state index in [-0.39, 0.29) is 0 Å². The van der Waals surface area contributed by atoms with Crippen LogP contribution in [-0.2, 0) is 0 Å². The molecule has 0 radical (unpaired) electrons. The first-order chi connectivity index (χ1) is 7.27. The molecular weight excluding hydrogens is 206 g/mol. The van der Waals surface area contributed by atoms with E-state index in [4.69, 9.17) is 4.42 Å². The van der Waals surface area contributed by atoms with Crippen LogP contribution in [0.3, 0.4) is 0 Å². The number of nitrogens with one attached hydrogen (secondary N) is 1. The molecule has 0 amide bonds. The van der Waals surface area contributed by atoms with E-state index < -0.39 is 0 Å². The van der Waals surface area contributed by atoms with E-state index >= 15 is 0 Å². The van der Waals surface area contributed by atoms with Crippen molar-refractivity contribution in [3.8, 4) is 0 Å². The van der Waals surface area contributed by atoms with Gasteiger partial charge in [0.15, 0.2) is 0 Å². The van der Waals surface area contributed by atoms with Crippen LogP contribution < -0.4 is 5.32 Å². The third kappa shape index (κ3) is 4.31. The van der Waals surface area contributed by atoms with Gasteiger partial charge >= 0.3 is 0 Å². The summed E-state index contributed by atoms with van der Waals surface area (Å²) in [7, 11) is 0. The van der Waals surface area contributed by atoms with Gasteiger partial charge in [0, 0.05) is 16.7 Å². The van der Waals surface area contributed by atoms with Crippen molar-refractivity contribution in [2.24, 2.45) is 0 Å². The monoisotopic (exact) mass is 227 g/mol. The molecule has 0 aliphatic heterocycles. The molecule has 0 spiro atoms. The van der Waals surface area contributed by atoms with E-state index in [0.717, 1.165) is 18.1 Å². The van der Waals surface area contributed by atoms with Crippen molar-refractivity contribution in [3.05, 3.63) is 18.1 Å². The van der Waals surface area contributed by atoms with E-state index in [1.807, 2.05) is 24.8 Å². The first-order valence-corrected chi connectivity index (χ1v) is 6.66. The molecule has 1 unspecified atom stereocenters. The van der Waals surface area contributed by atoms with Crippen LogP contribution in [0.1, 0.15) is 32.4 Å². The molecule has 1 aromatic heterocycles. The van der Waals surface area contributed by atoms with Crippen LogP contribution in [0.5, 0.6) is 0 Å². The van der Waals surface area contributed by atoms with Crippen LogP contribution in [0.2, 0.25) is 0 Å². The summed E-state index contributed by atoms with van der Waals surface area (Å²) in [6.45, 7) is 7.56. The highest BCUT2D eigenvalue weighted by molar-refractivity contribution is 7.99. The van der Waals surface area contributed by atoms with Gasteiger partial charge in [-0.1, -0.05) is 13.8 Å². The highest BCUT2D eigenvalue weighted by Gasteiger charge is 2.08. The standard InChI is InChI=1S/C12H21NOS/c1-4-7-13-11(5-2)9-15-12-6-8-14-10(12)3/h6,8,11,13H,4-5,7,9H2,1-3H3. The Morgan fingerprint density at radius 1 is 1.47 bits per heavy atom. The largest absolute Gasteiger partial charge is 0.468 e. The molecule has 0 saturated carbocycles. The van der Waals surface area contributed by atoms with E-state index in [2.05, 4.69) is 19.2 Å². The van der Waals surface area contributed by atoms with Gasteiger partial charge in [-0.15, -0.1) is 11.8 Å². The first kappa shape index (κ1) is 12.7. The first-order valence-electron chi connectivity index (χ1n) is 5.68. The lowest BCUT2D eigenvalue weighted by atomic mass is 10.2. The normalized spacial score (nSPS) is 13.0. The summed E-state index contributed by atoms with van der Waals surface area (Å²) in [6, 6.07) is 2.66. The Labute approximate surface area is 96.8 Å². The topological polar surface area (TPSA) is 25.2 Å². The summed E-state index contributed by atoms with van der Waals surface area (Å²) >= 11 is 1.88. The maximum Gasteiger partial charge on any atom is 0.114 e. The van der Waals surface area contributed by atoms with Crippen molar-refractivity contribution in [1.29, 1.82) is 0 Å². The maximum atomic E-state index is 5.27.